The number of nitrogens with zero attached hydrogens (tertiary/aromatic N) is 3. The fraction of sp³-hybridized carbons (Fsp3) is 0.824. The normalized spacial score (nSPS) is 27.9. The fourth-order valence-corrected chi connectivity index (χ4v) is 3.66. The topological polar surface area (TPSA) is 33.1 Å². The van der Waals surface area contributed by atoms with Gasteiger partial charge in [0.05, 0.1) is 11.7 Å². The van der Waals surface area contributed by atoms with Gasteiger partial charge in [-0.1, -0.05) is 19.3 Å². The number of hydrogen-bond donors (Lipinski definition) is 1. The Morgan fingerprint density at radius 2 is 2.05 bits per heavy atom. The molecule has 1 saturated heterocycles. The Morgan fingerprint density at radius 1 is 1.29 bits per heavy atom. The van der Waals surface area contributed by atoms with Crippen molar-refractivity contribution < 1.29 is 0 Å². The molecule has 1 aliphatic carbocycles. The summed E-state index contributed by atoms with van der Waals surface area (Å²) in [6.07, 6.45) is 8.93. The Morgan fingerprint density at radius 3 is 2.81 bits per heavy atom. The predicted molar refractivity (Wildman–Crippen MR) is 86.3 cm³/mol. The molecule has 2 heterocycles. The first-order valence-electron chi connectivity index (χ1n) is 8.57. The molecule has 1 unspecified atom stereocenters. The van der Waals surface area contributed by atoms with Crippen LogP contribution in [-0.4, -0.2) is 39.4 Å². The van der Waals surface area contributed by atoms with Gasteiger partial charge in [-0.25, -0.2) is 0 Å². The van der Waals surface area contributed by atoms with E-state index in [0.29, 0.717) is 12.1 Å². The molecule has 3 rings (SSSR count). The van der Waals surface area contributed by atoms with Crippen LogP contribution < -0.4 is 5.32 Å². The highest BCUT2D eigenvalue weighted by Gasteiger charge is 2.32. The molecule has 1 aromatic heterocycles. The van der Waals surface area contributed by atoms with E-state index in [1.807, 2.05) is 0 Å². The summed E-state index contributed by atoms with van der Waals surface area (Å²) in [6.45, 7) is 10.0. The molecule has 0 amide bonds. The highest BCUT2D eigenvalue weighted by atomic mass is 15.3. The number of piperazine rings is 1. The molecule has 0 radical (unpaired) electrons. The molecular weight excluding hydrogens is 260 g/mol. The average Bonchev–Trinajstić information content (AvgIpc) is 2.93. The third-order valence-corrected chi connectivity index (χ3v) is 5.20. The van der Waals surface area contributed by atoms with E-state index in [1.54, 1.807) is 0 Å². The summed E-state index contributed by atoms with van der Waals surface area (Å²) in [5, 5.41) is 8.45. The zero-order valence-corrected chi connectivity index (χ0v) is 13.8. The number of aromatic nitrogens is 2. The summed E-state index contributed by atoms with van der Waals surface area (Å²) in [5.74, 6) is 0. The van der Waals surface area contributed by atoms with Gasteiger partial charge in [-0.3, -0.25) is 9.58 Å². The fourth-order valence-electron chi connectivity index (χ4n) is 3.66. The molecule has 0 bridgehead atoms. The van der Waals surface area contributed by atoms with Gasteiger partial charge in [0.2, 0.25) is 0 Å². The third kappa shape index (κ3) is 3.49. The summed E-state index contributed by atoms with van der Waals surface area (Å²) >= 11 is 0. The van der Waals surface area contributed by atoms with E-state index in [4.69, 9.17) is 5.10 Å². The van der Waals surface area contributed by atoms with E-state index in [9.17, 15) is 0 Å². The van der Waals surface area contributed by atoms with Crippen LogP contribution in [0.3, 0.4) is 0 Å². The highest BCUT2D eigenvalue weighted by molar-refractivity contribution is 5.03. The van der Waals surface area contributed by atoms with Crippen molar-refractivity contribution in [2.45, 2.75) is 77.0 Å². The first kappa shape index (κ1) is 15.0. The van der Waals surface area contributed by atoms with E-state index in [-0.39, 0.29) is 5.54 Å². The van der Waals surface area contributed by atoms with Gasteiger partial charge < -0.3 is 5.32 Å². The highest BCUT2D eigenvalue weighted by Crippen LogP contribution is 2.28. The Balaban J connectivity index is 1.65. The molecular formula is C17H30N4. The van der Waals surface area contributed by atoms with E-state index in [2.05, 4.69) is 47.9 Å². The van der Waals surface area contributed by atoms with E-state index in [0.717, 1.165) is 19.6 Å². The Bertz CT molecular complexity index is 459. The second kappa shape index (κ2) is 6.09. The van der Waals surface area contributed by atoms with Crippen molar-refractivity contribution in [2.75, 3.05) is 13.1 Å². The van der Waals surface area contributed by atoms with E-state index in [1.165, 1.54) is 37.8 Å². The molecule has 1 aromatic rings. The van der Waals surface area contributed by atoms with E-state index >= 15 is 0 Å². The van der Waals surface area contributed by atoms with Gasteiger partial charge in [0, 0.05) is 37.4 Å². The van der Waals surface area contributed by atoms with Crippen LogP contribution in [0.2, 0.25) is 0 Å². The zero-order valence-electron chi connectivity index (χ0n) is 13.8. The third-order valence-electron chi connectivity index (χ3n) is 5.20. The minimum absolute atomic E-state index is 0.209. The lowest BCUT2D eigenvalue weighted by Gasteiger charge is -2.45. The summed E-state index contributed by atoms with van der Waals surface area (Å²) in [7, 11) is 0. The average molecular weight is 290 g/mol. The quantitative estimate of drug-likeness (QED) is 0.929. The Labute approximate surface area is 128 Å². The molecule has 118 valence electrons. The number of rotatable bonds is 3. The molecule has 1 N–H and O–H groups in total. The smallest absolute Gasteiger partial charge is 0.0765 e. The van der Waals surface area contributed by atoms with Crippen LogP contribution >= 0.6 is 0 Å². The summed E-state index contributed by atoms with van der Waals surface area (Å²) < 4.78 is 2.23. The van der Waals surface area contributed by atoms with Crippen LogP contribution in [-0.2, 0) is 6.54 Å². The van der Waals surface area contributed by atoms with Crippen molar-refractivity contribution in [3.8, 4) is 0 Å². The zero-order chi connectivity index (χ0) is 14.9. The predicted octanol–water partition coefficient (Wildman–Crippen LogP) is 2.96. The van der Waals surface area contributed by atoms with Crippen molar-refractivity contribution in [3.05, 3.63) is 18.0 Å². The largest absolute Gasteiger partial charge is 0.311 e. The number of hydrogen-bond acceptors (Lipinski definition) is 3. The minimum Gasteiger partial charge on any atom is -0.311 e. The molecule has 0 spiro atoms. The van der Waals surface area contributed by atoms with E-state index < -0.39 is 0 Å². The molecule has 1 aliphatic heterocycles. The lowest BCUT2D eigenvalue weighted by molar-refractivity contribution is 0.0611. The first-order valence-corrected chi connectivity index (χ1v) is 8.57. The van der Waals surface area contributed by atoms with Crippen molar-refractivity contribution in [2.24, 2.45) is 0 Å². The SMILES string of the molecule is CC1CN(Cc2ccn(C3CCCCC3)n2)C(C)(C)CN1. The molecule has 1 saturated carbocycles. The Kier molecular flexibility index (Phi) is 4.36. The van der Waals surface area contributed by atoms with Crippen molar-refractivity contribution in [3.63, 3.8) is 0 Å². The standard InChI is InChI=1S/C17H30N4/c1-14-11-20(17(2,3)13-18-14)12-15-9-10-21(19-15)16-7-5-4-6-8-16/h9-10,14,16,18H,4-8,11-13H2,1-3H3. The second-order valence-electron chi connectivity index (χ2n) is 7.55. The lowest BCUT2D eigenvalue weighted by Crippen LogP contribution is -2.60. The van der Waals surface area contributed by atoms with Crippen LogP contribution in [0.25, 0.3) is 0 Å². The Hall–Kier alpha value is -0.870. The van der Waals surface area contributed by atoms with Crippen LogP contribution in [0, 0.1) is 0 Å². The summed E-state index contributed by atoms with van der Waals surface area (Å²) in [5.41, 5.74) is 1.43. The van der Waals surface area contributed by atoms with Gasteiger partial charge in [-0.2, -0.15) is 5.10 Å². The van der Waals surface area contributed by atoms with Crippen LogP contribution in [0.1, 0.15) is 64.6 Å². The van der Waals surface area contributed by atoms with Gasteiger partial charge in [-0.15, -0.1) is 0 Å². The molecule has 4 heteroatoms. The maximum atomic E-state index is 4.87. The van der Waals surface area contributed by atoms with Crippen LogP contribution in [0.4, 0.5) is 0 Å². The maximum absolute atomic E-state index is 4.87. The molecule has 21 heavy (non-hydrogen) atoms. The van der Waals surface area contributed by atoms with Gasteiger partial charge in [-0.05, 0) is 39.7 Å². The van der Waals surface area contributed by atoms with Gasteiger partial charge in [0.25, 0.3) is 0 Å². The van der Waals surface area contributed by atoms with Gasteiger partial charge in [0.15, 0.2) is 0 Å². The molecule has 1 atom stereocenters. The van der Waals surface area contributed by atoms with Crippen molar-refractivity contribution in [1.29, 1.82) is 0 Å². The van der Waals surface area contributed by atoms with Gasteiger partial charge in [0.1, 0.15) is 0 Å². The molecule has 0 aromatic carbocycles. The maximum Gasteiger partial charge on any atom is 0.0765 e. The summed E-state index contributed by atoms with van der Waals surface area (Å²) in [6, 6.07) is 3.43. The first-order chi connectivity index (χ1) is 10.0. The lowest BCUT2D eigenvalue weighted by atomic mass is 9.96. The van der Waals surface area contributed by atoms with Crippen molar-refractivity contribution in [1.82, 2.24) is 20.0 Å². The summed E-state index contributed by atoms with van der Waals surface area (Å²) in [4.78, 5) is 2.57. The number of nitrogens with one attached hydrogen (secondary N) is 1. The molecule has 4 nitrogen and oxygen atoms in total. The monoisotopic (exact) mass is 290 g/mol. The van der Waals surface area contributed by atoms with Gasteiger partial charge >= 0.3 is 0 Å². The van der Waals surface area contributed by atoms with Crippen LogP contribution in [0.5, 0.6) is 0 Å². The second-order valence-corrected chi connectivity index (χ2v) is 7.55. The minimum atomic E-state index is 0.209. The molecule has 2 aliphatic rings. The van der Waals surface area contributed by atoms with Crippen molar-refractivity contribution >= 4 is 0 Å². The van der Waals surface area contributed by atoms with Crippen LogP contribution in [0.15, 0.2) is 12.3 Å². The molecule has 2 fully saturated rings.